The average molecular weight is 319 g/mol. The number of rotatable bonds is 5. The van der Waals surface area contributed by atoms with Gasteiger partial charge in [-0.2, -0.15) is 0 Å². The molecule has 3 aromatic rings. The zero-order valence-corrected chi connectivity index (χ0v) is 12.7. The molecule has 0 saturated heterocycles. The van der Waals surface area contributed by atoms with Crippen LogP contribution in [-0.2, 0) is 11.3 Å². The maximum Gasteiger partial charge on any atom is 0.268 e. The maximum absolute atomic E-state index is 12.1. The first kappa shape index (κ1) is 14.0. The van der Waals surface area contributed by atoms with Crippen LogP contribution >= 0.6 is 22.9 Å². The number of thiazole rings is 1. The van der Waals surface area contributed by atoms with Gasteiger partial charge in [-0.15, -0.1) is 11.3 Å². The molecule has 21 heavy (non-hydrogen) atoms. The van der Waals surface area contributed by atoms with Crippen LogP contribution in [-0.4, -0.2) is 14.8 Å². The third-order valence-electron chi connectivity index (χ3n) is 3.00. The Balaban J connectivity index is 1.58. The average Bonchev–Trinajstić information content (AvgIpc) is 3.09. The molecule has 0 fully saturated rings. The van der Waals surface area contributed by atoms with E-state index in [2.05, 4.69) is 10.3 Å². The summed E-state index contributed by atoms with van der Waals surface area (Å²) in [6.45, 7) is 0.559. The summed E-state index contributed by atoms with van der Waals surface area (Å²) in [6, 6.07) is 7.55. The molecule has 1 aromatic carbocycles. The Labute approximate surface area is 129 Å². The summed E-state index contributed by atoms with van der Waals surface area (Å²) in [5.74, 6) is -0.0703. The molecule has 0 bridgehead atoms. The first-order valence-electron chi connectivity index (χ1n) is 6.52. The summed E-state index contributed by atoms with van der Waals surface area (Å²) in [5.41, 5.74) is 0.0240. The van der Waals surface area contributed by atoms with Crippen LogP contribution in [0.25, 0.3) is 10.1 Å². The lowest BCUT2D eigenvalue weighted by Gasteiger charge is -2.01. The zero-order valence-electron chi connectivity index (χ0n) is 11.1. The molecule has 0 aliphatic heterocycles. The van der Waals surface area contributed by atoms with Crippen molar-refractivity contribution in [2.75, 3.05) is 5.32 Å². The molecule has 0 atom stereocenters. The highest BCUT2D eigenvalue weighted by Crippen LogP contribution is 2.16. The molecule has 2 aromatic heterocycles. The number of anilines is 1. The molecule has 1 N–H and O–H groups in total. The molecule has 5 nitrogen and oxygen atoms in total. The minimum atomic E-state index is -0.0703. The third kappa shape index (κ3) is 3.20. The van der Waals surface area contributed by atoms with Crippen LogP contribution in [0.4, 0.5) is 5.13 Å². The summed E-state index contributed by atoms with van der Waals surface area (Å²) in [4.78, 5) is 27.9. The minimum absolute atomic E-state index is 0.0240. The van der Waals surface area contributed by atoms with Crippen molar-refractivity contribution in [1.82, 2.24) is 8.94 Å². The van der Waals surface area contributed by atoms with E-state index in [0.29, 0.717) is 24.5 Å². The van der Waals surface area contributed by atoms with E-state index in [0.717, 1.165) is 10.1 Å². The summed E-state index contributed by atoms with van der Waals surface area (Å²) in [5, 5.41) is 5.90. The van der Waals surface area contributed by atoms with Crippen LogP contribution < -0.4 is 10.9 Å². The normalized spacial score (nSPS) is 10.9. The Morgan fingerprint density at radius 1 is 1.33 bits per heavy atom. The van der Waals surface area contributed by atoms with E-state index in [1.54, 1.807) is 10.2 Å². The number of carbonyl (C=O) groups is 1. The lowest BCUT2D eigenvalue weighted by Crippen LogP contribution is -2.16. The molecular weight excluding hydrogens is 306 g/mol. The molecule has 3 rings (SSSR count). The van der Waals surface area contributed by atoms with Crippen LogP contribution in [0.3, 0.4) is 0 Å². The second kappa shape index (κ2) is 6.19. The van der Waals surface area contributed by atoms with Gasteiger partial charge in [0.1, 0.15) is 0 Å². The first-order valence-corrected chi connectivity index (χ1v) is 8.17. The number of fused-ring (bicyclic) bond motifs is 1. The second-order valence-corrected chi connectivity index (χ2v) is 6.44. The molecule has 0 spiro atoms. The Bertz CT molecular complexity index is 805. The second-order valence-electron chi connectivity index (χ2n) is 4.48. The number of aromatic nitrogens is 2. The SMILES string of the molecule is O=C(CCCn1sc2ccccc2c1=O)Nc1nccs1. The molecule has 0 aliphatic rings. The van der Waals surface area contributed by atoms with E-state index < -0.39 is 0 Å². The van der Waals surface area contributed by atoms with Crippen LogP contribution in [0.15, 0.2) is 40.6 Å². The quantitative estimate of drug-likeness (QED) is 0.786. The molecule has 7 heteroatoms. The van der Waals surface area contributed by atoms with Gasteiger partial charge in [0.15, 0.2) is 5.13 Å². The van der Waals surface area contributed by atoms with Gasteiger partial charge in [0, 0.05) is 24.5 Å². The number of hydrogen-bond donors (Lipinski definition) is 1. The van der Waals surface area contributed by atoms with Crippen LogP contribution in [0.2, 0.25) is 0 Å². The number of amides is 1. The van der Waals surface area contributed by atoms with Crippen molar-refractivity contribution in [3.8, 4) is 0 Å². The van der Waals surface area contributed by atoms with Crippen molar-refractivity contribution in [2.24, 2.45) is 0 Å². The van der Waals surface area contributed by atoms with Crippen LogP contribution in [0, 0.1) is 0 Å². The van der Waals surface area contributed by atoms with Gasteiger partial charge in [0.05, 0.1) is 10.1 Å². The highest BCUT2D eigenvalue weighted by Gasteiger charge is 2.08. The predicted octanol–water partition coefficient (Wildman–Crippen LogP) is 2.94. The molecule has 0 radical (unpaired) electrons. The largest absolute Gasteiger partial charge is 0.302 e. The van der Waals surface area contributed by atoms with E-state index in [1.165, 1.54) is 22.9 Å². The monoisotopic (exact) mass is 319 g/mol. The smallest absolute Gasteiger partial charge is 0.268 e. The molecule has 0 saturated carbocycles. The van der Waals surface area contributed by atoms with Gasteiger partial charge < -0.3 is 5.32 Å². The van der Waals surface area contributed by atoms with E-state index in [-0.39, 0.29) is 11.5 Å². The molecule has 0 unspecified atom stereocenters. The van der Waals surface area contributed by atoms with Crippen molar-refractivity contribution < 1.29 is 4.79 Å². The minimum Gasteiger partial charge on any atom is -0.302 e. The lowest BCUT2D eigenvalue weighted by atomic mass is 10.3. The lowest BCUT2D eigenvalue weighted by molar-refractivity contribution is -0.116. The molecule has 2 heterocycles. The predicted molar refractivity (Wildman–Crippen MR) is 86.1 cm³/mol. The van der Waals surface area contributed by atoms with E-state index in [1.807, 2.05) is 29.6 Å². The number of benzene rings is 1. The Morgan fingerprint density at radius 2 is 2.19 bits per heavy atom. The van der Waals surface area contributed by atoms with Gasteiger partial charge in [-0.05, 0) is 18.6 Å². The van der Waals surface area contributed by atoms with Crippen LogP contribution in [0.1, 0.15) is 12.8 Å². The molecule has 108 valence electrons. The Morgan fingerprint density at radius 3 is 2.95 bits per heavy atom. The van der Waals surface area contributed by atoms with Gasteiger partial charge in [-0.1, -0.05) is 23.7 Å². The van der Waals surface area contributed by atoms with Gasteiger partial charge in [0.25, 0.3) is 5.56 Å². The van der Waals surface area contributed by atoms with Crippen molar-refractivity contribution in [2.45, 2.75) is 19.4 Å². The summed E-state index contributed by atoms with van der Waals surface area (Å²) < 4.78 is 2.69. The van der Waals surface area contributed by atoms with Gasteiger partial charge in [-0.3, -0.25) is 13.5 Å². The van der Waals surface area contributed by atoms with Crippen LogP contribution in [0.5, 0.6) is 0 Å². The third-order valence-corrected chi connectivity index (χ3v) is 4.81. The fourth-order valence-corrected chi connectivity index (χ4v) is 3.59. The van der Waals surface area contributed by atoms with Crippen molar-refractivity contribution in [3.05, 3.63) is 46.2 Å². The Hall–Kier alpha value is -1.99. The standard InChI is InChI=1S/C14H13N3O2S2/c18-12(16-14-15-7-9-20-14)6-3-8-17-13(19)10-4-1-2-5-11(10)21-17/h1-2,4-5,7,9H,3,6,8H2,(H,15,16,18). The highest BCUT2D eigenvalue weighted by molar-refractivity contribution is 7.14. The fourth-order valence-electron chi connectivity index (χ4n) is 2.01. The van der Waals surface area contributed by atoms with Gasteiger partial charge >= 0.3 is 0 Å². The summed E-state index contributed by atoms with van der Waals surface area (Å²) >= 11 is 2.83. The molecule has 0 aliphatic carbocycles. The van der Waals surface area contributed by atoms with E-state index >= 15 is 0 Å². The Kier molecular flexibility index (Phi) is 4.12. The topological polar surface area (TPSA) is 64.0 Å². The van der Waals surface area contributed by atoms with Gasteiger partial charge in [-0.25, -0.2) is 4.98 Å². The first-order chi connectivity index (χ1) is 10.2. The highest BCUT2D eigenvalue weighted by atomic mass is 32.1. The number of nitrogens with one attached hydrogen (secondary N) is 1. The summed E-state index contributed by atoms with van der Waals surface area (Å²) in [7, 11) is 0. The molecule has 1 amide bonds. The number of aryl methyl sites for hydroxylation is 1. The van der Waals surface area contributed by atoms with Crippen molar-refractivity contribution in [3.63, 3.8) is 0 Å². The zero-order chi connectivity index (χ0) is 14.7. The van der Waals surface area contributed by atoms with Crippen molar-refractivity contribution in [1.29, 1.82) is 0 Å². The number of carbonyl (C=O) groups excluding carboxylic acids is 1. The van der Waals surface area contributed by atoms with Gasteiger partial charge in [0.2, 0.25) is 5.91 Å². The van der Waals surface area contributed by atoms with Crippen molar-refractivity contribution >= 4 is 44.0 Å². The summed E-state index contributed by atoms with van der Waals surface area (Å²) in [6.07, 6.45) is 2.65. The number of nitrogens with zero attached hydrogens (tertiary/aromatic N) is 2. The number of hydrogen-bond acceptors (Lipinski definition) is 5. The van der Waals surface area contributed by atoms with E-state index in [9.17, 15) is 9.59 Å². The maximum atomic E-state index is 12.1. The van der Waals surface area contributed by atoms with E-state index in [4.69, 9.17) is 0 Å². The molecular formula is C14H13N3O2S2. The fraction of sp³-hybridized carbons (Fsp3) is 0.214.